The highest BCUT2D eigenvalue weighted by molar-refractivity contribution is 6.28. The Morgan fingerprint density at radius 2 is 1.00 bits per heavy atom. The molecule has 0 atom stereocenters. The molecule has 8 rings (SSSR count). The Kier molecular flexibility index (Phi) is 6.09. The molecule has 3 heteroatoms. The Labute approximate surface area is 256 Å². The van der Waals surface area contributed by atoms with E-state index in [0.29, 0.717) is 11.4 Å². The molecule has 44 heavy (non-hydrogen) atoms. The van der Waals surface area contributed by atoms with Crippen LogP contribution in [0.5, 0.6) is 0 Å². The van der Waals surface area contributed by atoms with Crippen molar-refractivity contribution in [1.29, 1.82) is 0 Å². The van der Waals surface area contributed by atoms with Gasteiger partial charge in [0.15, 0.2) is 0 Å². The summed E-state index contributed by atoms with van der Waals surface area (Å²) in [4.78, 5) is 4.36. The van der Waals surface area contributed by atoms with Gasteiger partial charge in [-0.1, -0.05) is 121 Å². The van der Waals surface area contributed by atoms with E-state index in [0.717, 1.165) is 16.6 Å². The SMILES string of the molecule is N/C(=C\C=C(/N)c1ccc2c3c(cccc13)-c1c-2c(-c2ccccc2)c2ccccc2c1-c1ccccc1)c1ccccn1. The molecule has 6 aromatic carbocycles. The minimum Gasteiger partial charge on any atom is -0.398 e. The molecule has 0 fully saturated rings. The van der Waals surface area contributed by atoms with Gasteiger partial charge in [-0.05, 0) is 90.3 Å². The predicted molar refractivity (Wildman–Crippen MR) is 185 cm³/mol. The van der Waals surface area contributed by atoms with E-state index in [4.69, 9.17) is 11.5 Å². The molecule has 0 saturated heterocycles. The topological polar surface area (TPSA) is 64.9 Å². The Morgan fingerprint density at radius 3 is 1.61 bits per heavy atom. The minimum absolute atomic E-state index is 0.568. The average Bonchev–Trinajstić information content (AvgIpc) is 3.42. The van der Waals surface area contributed by atoms with Crippen molar-refractivity contribution < 1.29 is 0 Å². The van der Waals surface area contributed by atoms with Gasteiger partial charge in [0.05, 0.1) is 11.4 Å². The van der Waals surface area contributed by atoms with E-state index >= 15 is 0 Å². The van der Waals surface area contributed by atoms with Crippen molar-refractivity contribution >= 4 is 32.9 Å². The normalized spacial score (nSPS) is 12.5. The molecule has 3 nitrogen and oxygen atoms in total. The van der Waals surface area contributed by atoms with Crippen molar-refractivity contribution in [2.75, 3.05) is 0 Å². The zero-order valence-electron chi connectivity index (χ0n) is 24.0. The van der Waals surface area contributed by atoms with Gasteiger partial charge in [-0.25, -0.2) is 0 Å². The smallest absolute Gasteiger partial charge is 0.0858 e. The highest BCUT2D eigenvalue weighted by Crippen LogP contribution is 2.58. The number of aromatic nitrogens is 1. The molecular weight excluding hydrogens is 534 g/mol. The first kappa shape index (κ1) is 25.8. The maximum atomic E-state index is 6.78. The highest BCUT2D eigenvalue weighted by Gasteiger charge is 2.31. The van der Waals surface area contributed by atoms with Gasteiger partial charge >= 0.3 is 0 Å². The summed E-state index contributed by atoms with van der Waals surface area (Å²) in [5.74, 6) is 0. The zero-order valence-corrected chi connectivity index (χ0v) is 24.0. The van der Waals surface area contributed by atoms with Gasteiger partial charge < -0.3 is 11.5 Å². The van der Waals surface area contributed by atoms with E-state index in [1.165, 1.54) is 60.7 Å². The van der Waals surface area contributed by atoms with Crippen molar-refractivity contribution in [3.05, 3.63) is 163 Å². The van der Waals surface area contributed by atoms with Crippen LogP contribution in [0.3, 0.4) is 0 Å². The van der Waals surface area contributed by atoms with E-state index in [9.17, 15) is 0 Å². The lowest BCUT2D eigenvalue weighted by molar-refractivity contribution is 1.26. The molecule has 208 valence electrons. The molecular formula is C41H29N3. The summed E-state index contributed by atoms with van der Waals surface area (Å²) < 4.78 is 0. The summed E-state index contributed by atoms with van der Waals surface area (Å²) in [6.45, 7) is 0. The van der Waals surface area contributed by atoms with Crippen LogP contribution in [0.2, 0.25) is 0 Å². The number of nitrogens with zero attached hydrogens (tertiary/aromatic N) is 1. The first-order valence-electron chi connectivity index (χ1n) is 14.8. The van der Waals surface area contributed by atoms with Crippen molar-refractivity contribution in [3.8, 4) is 44.5 Å². The minimum atomic E-state index is 0.568. The fourth-order valence-electron chi connectivity index (χ4n) is 6.75. The largest absolute Gasteiger partial charge is 0.398 e. The number of hydrogen-bond donors (Lipinski definition) is 2. The Hall–Kier alpha value is -5.93. The molecule has 0 radical (unpaired) electrons. The second-order valence-electron chi connectivity index (χ2n) is 11.1. The van der Waals surface area contributed by atoms with Gasteiger partial charge in [0.2, 0.25) is 0 Å². The first-order valence-corrected chi connectivity index (χ1v) is 14.8. The molecule has 1 aliphatic rings. The molecule has 0 amide bonds. The molecule has 7 aromatic rings. The maximum Gasteiger partial charge on any atom is 0.0858 e. The van der Waals surface area contributed by atoms with Crippen LogP contribution in [-0.2, 0) is 0 Å². The molecule has 0 unspecified atom stereocenters. The molecule has 1 aliphatic carbocycles. The van der Waals surface area contributed by atoms with Gasteiger partial charge in [-0.3, -0.25) is 4.98 Å². The van der Waals surface area contributed by atoms with E-state index < -0.39 is 0 Å². The monoisotopic (exact) mass is 563 g/mol. The third kappa shape index (κ3) is 4.02. The molecule has 1 aromatic heterocycles. The molecule has 0 spiro atoms. The molecule has 0 aliphatic heterocycles. The van der Waals surface area contributed by atoms with E-state index in [-0.39, 0.29) is 0 Å². The van der Waals surface area contributed by atoms with Gasteiger partial charge in [-0.15, -0.1) is 0 Å². The summed E-state index contributed by atoms with van der Waals surface area (Å²) >= 11 is 0. The Bertz CT molecular complexity index is 2170. The van der Waals surface area contributed by atoms with Crippen LogP contribution >= 0.6 is 0 Å². The van der Waals surface area contributed by atoms with Crippen LogP contribution in [0, 0.1) is 0 Å². The molecule has 0 bridgehead atoms. The number of fused-ring (bicyclic) bond motifs is 4. The zero-order chi connectivity index (χ0) is 29.6. The van der Waals surface area contributed by atoms with Gasteiger partial charge in [0, 0.05) is 17.5 Å². The standard InChI is InChI=1S/C41H29N3/c42-34(23-24-35(43)36-20-9-10-25-44-36)28-21-22-33-39-29(28)18-11-19-32(39)40-37(26-12-3-1-4-13-26)30-16-7-8-17-31(30)38(41(33)40)27-14-5-2-6-15-27/h1-25H,42-43H2/b34-23-,35-24-. The van der Waals surface area contributed by atoms with E-state index in [1.54, 1.807) is 6.20 Å². The second-order valence-corrected chi connectivity index (χ2v) is 11.1. The van der Waals surface area contributed by atoms with Crippen LogP contribution in [0.25, 0.3) is 77.4 Å². The lowest BCUT2D eigenvalue weighted by atomic mass is 9.82. The molecule has 4 N–H and O–H groups in total. The van der Waals surface area contributed by atoms with Gasteiger partial charge in [0.1, 0.15) is 0 Å². The fourth-order valence-corrected chi connectivity index (χ4v) is 6.75. The van der Waals surface area contributed by atoms with Gasteiger partial charge in [-0.2, -0.15) is 0 Å². The van der Waals surface area contributed by atoms with Crippen LogP contribution < -0.4 is 11.5 Å². The van der Waals surface area contributed by atoms with Crippen molar-refractivity contribution in [2.24, 2.45) is 11.5 Å². The second kappa shape index (κ2) is 10.4. The summed E-state index contributed by atoms with van der Waals surface area (Å²) in [6.07, 6.45) is 5.46. The van der Waals surface area contributed by atoms with E-state index in [1.807, 2.05) is 30.4 Å². The quantitative estimate of drug-likeness (QED) is 0.205. The number of nitrogens with two attached hydrogens (primary N) is 2. The molecule has 0 saturated carbocycles. The van der Waals surface area contributed by atoms with Crippen molar-refractivity contribution in [3.63, 3.8) is 0 Å². The van der Waals surface area contributed by atoms with Crippen LogP contribution in [0.1, 0.15) is 11.3 Å². The summed E-state index contributed by atoms with van der Waals surface area (Å²) in [6, 6.07) is 47.0. The fraction of sp³-hybridized carbons (Fsp3) is 0. The number of rotatable bonds is 5. The highest BCUT2D eigenvalue weighted by atomic mass is 14.7. The van der Waals surface area contributed by atoms with Crippen LogP contribution in [0.4, 0.5) is 0 Å². The van der Waals surface area contributed by atoms with Gasteiger partial charge in [0.25, 0.3) is 0 Å². The van der Waals surface area contributed by atoms with Crippen LogP contribution in [0.15, 0.2) is 152 Å². The predicted octanol–water partition coefficient (Wildman–Crippen LogP) is 9.67. The number of benzene rings is 6. The van der Waals surface area contributed by atoms with Crippen molar-refractivity contribution in [2.45, 2.75) is 0 Å². The number of hydrogen-bond acceptors (Lipinski definition) is 3. The molecule has 1 heterocycles. The van der Waals surface area contributed by atoms with Crippen molar-refractivity contribution in [1.82, 2.24) is 4.98 Å². The lowest BCUT2D eigenvalue weighted by Crippen LogP contribution is -2.00. The first-order chi connectivity index (χ1) is 21.7. The lowest BCUT2D eigenvalue weighted by Gasteiger charge is -2.20. The number of allylic oxidation sites excluding steroid dienone is 2. The summed E-state index contributed by atoms with van der Waals surface area (Å²) in [5, 5.41) is 4.84. The summed E-state index contributed by atoms with van der Waals surface area (Å²) in [7, 11) is 0. The van der Waals surface area contributed by atoms with Crippen LogP contribution in [-0.4, -0.2) is 4.98 Å². The number of pyridine rings is 1. The Balaban J connectivity index is 1.43. The third-order valence-electron chi connectivity index (χ3n) is 8.63. The summed E-state index contributed by atoms with van der Waals surface area (Å²) in [5.41, 5.74) is 26.0. The van der Waals surface area contributed by atoms with E-state index in [2.05, 4.69) is 120 Å². The average molecular weight is 564 g/mol. The maximum absolute atomic E-state index is 6.78. The Morgan fingerprint density at radius 1 is 0.455 bits per heavy atom. The third-order valence-corrected chi connectivity index (χ3v) is 8.63.